The van der Waals surface area contributed by atoms with Crippen molar-refractivity contribution in [3.8, 4) is 0 Å². The van der Waals surface area contributed by atoms with Gasteiger partial charge in [0.25, 0.3) is 0 Å². The first kappa shape index (κ1) is 18.6. The zero-order valence-corrected chi connectivity index (χ0v) is 16.8. The maximum Gasteiger partial charge on any atom is 0.224 e. The molecule has 0 amide bonds. The first-order valence-corrected chi connectivity index (χ1v) is 10.8. The van der Waals surface area contributed by atoms with Gasteiger partial charge in [0.1, 0.15) is 5.69 Å². The molecule has 0 saturated carbocycles. The standard InChI is InChI=1S/C23H17NO2S2/c1-27-22-19(20(25)16-10-4-2-5-11-16)24-15-9-8-14-18(24)21(22)28-23(26)17-12-6-3-7-13-17/h2-15H,1H3. The number of hydrogen-bond donors (Lipinski definition) is 0. The van der Waals surface area contributed by atoms with E-state index >= 15 is 0 Å². The van der Waals surface area contributed by atoms with Gasteiger partial charge in [-0.25, -0.2) is 0 Å². The Bertz CT molecular complexity index is 1150. The Morgan fingerprint density at radius 2 is 1.36 bits per heavy atom. The van der Waals surface area contributed by atoms with Crippen LogP contribution in [-0.4, -0.2) is 21.6 Å². The molecule has 0 N–H and O–H groups in total. The van der Waals surface area contributed by atoms with Gasteiger partial charge in [0.05, 0.1) is 15.3 Å². The Hall–Kier alpha value is -2.76. The molecule has 0 radical (unpaired) electrons. The van der Waals surface area contributed by atoms with E-state index in [9.17, 15) is 9.59 Å². The third-order valence-electron chi connectivity index (χ3n) is 4.41. The molecule has 0 fully saturated rings. The van der Waals surface area contributed by atoms with E-state index in [0.717, 1.165) is 15.3 Å². The van der Waals surface area contributed by atoms with Gasteiger partial charge < -0.3 is 4.40 Å². The summed E-state index contributed by atoms with van der Waals surface area (Å²) in [5.41, 5.74) is 2.73. The molecule has 2 aromatic heterocycles. The van der Waals surface area contributed by atoms with Crippen molar-refractivity contribution in [1.82, 2.24) is 4.40 Å². The molecule has 3 nitrogen and oxygen atoms in total. The number of nitrogens with zero attached hydrogens (tertiary/aromatic N) is 1. The van der Waals surface area contributed by atoms with Gasteiger partial charge in [-0.1, -0.05) is 66.7 Å². The van der Waals surface area contributed by atoms with E-state index in [4.69, 9.17) is 0 Å². The largest absolute Gasteiger partial charge is 0.312 e. The minimum atomic E-state index is -0.0508. The molecule has 4 rings (SSSR count). The van der Waals surface area contributed by atoms with Gasteiger partial charge in [-0.05, 0) is 30.2 Å². The molecule has 0 unspecified atom stereocenters. The number of aromatic nitrogens is 1. The summed E-state index contributed by atoms with van der Waals surface area (Å²) < 4.78 is 1.89. The first-order chi connectivity index (χ1) is 13.7. The molecule has 0 spiro atoms. The Balaban J connectivity index is 1.86. The van der Waals surface area contributed by atoms with Crippen molar-refractivity contribution >= 4 is 39.9 Å². The van der Waals surface area contributed by atoms with Gasteiger partial charge in [0.2, 0.25) is 10.9 Å². The second kappa shape index (κ2) is 8.09. The van der Waals surface area contributed by atoms with Crippen molar-refractivity contribution in [2.45, 2.75) is 9.79 Å². The lowest BCUT2D eigenvalue weighted by Gasteiger charge is -2.05. The Morgan fingerprint density at radius 1 is 0.750 bits per heavy atom. The number of hydrogen-bond acceptors (Lipinski definition) is 4. The number of pyridine rings is 1. The van der Waals surface area contributed by atoms with Crippen LogP contribution in [0.2, 0.25) is 0 Å². The molecule has 2 aromatic carbocycles. The van der Waals surface area contributed by atoms with Crippen LogP contribution in [0.15, 0.2) is 94.9 Å². The van der Waals surface area contributed by atoms with Gasteiger partial charge in [-0.15, -0.1) is 11.8 Å². The number of ketones is 1. The van der Waals surface area contributed by atoms with Crippen LogP contribution in [0.3, 0.4) is 0 Å². The van der Waals surface area contributed by atoms with Gasteiger partial charge in [-0.3, -0.25) is 9.59 Å². The molecule has 2 heterocycles. The van der Waals surface area contributed by atoms with Crippen molar-refractivity contribution in [2.75, 3.05) is 6.26 Å². The van der Waals surface area contributed by atoms with Crippen LogP contribution < -0.4 is 0 Å². The fourth-order valence-corrected chi connectivity index (χ4v) is 5.06. The summed E-state index contributed by atoms with van der Waals surface area (Å²) in [4.78, 5) is 27.8. The lowest BCUT2D eigenvalue weighted by atomic mass is 10.1. The summed E-state index contributed by atoms with van der Waals surface area (Å²) >= 11 is 2.67. The minimum absolute atomic E-state index is 0.0361. The monoisotopic (exact) mass is 403 g/mol. The normalized spacial score (nSPS) is 10.9. The molecule has 0 saturated heterocycles. The molecule has 0 aliphatic rings. The number of benzene rings is 2. The summed E-state index contributed by atoms with van der Waals surface area (Å²) in [5.74, 6) is -0.0508. The Kier molecular flexibility index (Phi) is 5.37. The predicted octanol–water partition coefficient (Wildman–Crippen LogP) is 5.82. The first-order valence-electron chi connectivity index (χ1n) is 8.74. The number of carbonyl (C=O) groups is 2. The number of carbonyl (C=O) groups excluding carboxylic acids is 2. The fraction of sp³-hybridized carbons (Fsp3) is 0.0435. The van der Waals surface area contributed by atoms with Gasteiger partial charge in [0, 0.05) is 17.3 Å². The second-order valence-electron chi connectivity index (χ2n) is 6.12. The third-order valence-corrected chi connectivity index (χ3v) is 6.39. The van der Waals surface area contributed by atoms with E-state index < -0.39 is 0 Å². The van der Waals surface area contributed by atoms with E-state index in [1.807, 2.05) is 95.7 Å². The fourth-order valence-electron chi connectivity index (χ4n) is 3.11. The molecule has 0 atom stereocenters. The molecular weight excluding hydrogens is 386 g/mol. The van der Waals surface area contributed by atoms with Gasteiger partial charge >= 0.3 is 0 Å². The lowest BCUT2D eigenvalue weighted by Crippen LogP contribution is -2.06. The highest BCUT2D eigenvalue weighted by Gasteiger charge is 2.25. The van der Waals surface area contributed by atoms with Crippen molar-refractivity contribution in [3.05, 3.63) is 102 Å². The minimum Gasteiger partial charge on any atom is -0.312 e. The maximum atomic E-state index is 13.3. The Morgan fingerprint density at radius 3 is 2.00 bits per heavy atom. The van der Waals surface area contributed by atoms with Gasteiger partial charge in [-0.2, -0.15) is 0 Å². The van der Waals surface area contributed by atoms with E-state index in [2.05, 4.69) is 0 Å². The van der Waals surface area contributed by atoms with Crippen LogP contribution in [0.25, 0.3) is 5.52 Å². The average molecular weight is 404 g/mol. The Labute approximate surface area is 171 Å². The predicted molar refractivity (Wildman–Crippen MR) is 116 cm³/mol. The van der Waals surface area contributed by atoms with Gasteiger partial charge in [0.15, 0.2) is 0 Å². The zero-order valence-electron chi connectivity index (χ0n) is 15.2. The summed E-state index contributed by atoms with van der Waals surface area (Å²) in [6.07, 6.45) is 3.82. The van der Waals surface area contributed by atoms with Crippen LogP contribution in [0, 0.1) is 0 Å². The van der Waals surface area contributed by atoms with Crippen molar-refractivity contribution in [1.29, 1.82) is 0 Å². The second-order valence-corrected chi connectivity index (χ2v) is 7.92. The molecule has 0 aliphatic heterocycles. The summed E-state index contributed by atoms with van der Waals surface area (Å²) in [6, 6.07) is 24.2. The summed E-state index contributed by atoms with van der Waals surface area (Å²) in [7, 11) is 0. The topological polar surface area (TPSA) is 38.5 Å². The van der Waals surface area contributed by atoms with E-state index in [1.165, 1.54) is 23.5 Å². The van der Waals surface area contributed by atoms with Crippen molar-refractivity contribution in [2.24, 2.45) is 0 Å². The van der Waals surface area contributed by atoms with Crippen molar-refractivity contribution in [3.63, 3.8) is 0 Å². The van der Waals surface area contributed by atoms with Crippen LogP contribution in [0.5, 0.6) is 0 Å². The highest BCUT2D eigenvalue weighted by atomic mass is 32.2. The third kappa shape index (κ3) is 3.39. The molecule has 138 valence electrons. The maximum absolute atomic E-state index is 13.3. The van der Waals surface area contributed by atoms with E-state index in [-0.39, 0.29) is 10.9 Å². The molecule has 28 heavy (non-hydrogen) atoms. The van der Waals surface area contributed by atoms with Crippen LogP contribution in [0.1, 0.15) is 26.4 Å². The molecule has 0 bridgehead atoms. The van der Waals surface area contributed by atoms with Crippen LogP contribution >= 0.6 is 23.5 Å². The highest BCUT2D eigenvalue weighted by molar-refractivity contribution is 8.14. The molecule has 4 aromatic rings. The van der Waals surface area contributed by atoms with E-state index in [0.29, 0.717) is 16.8 Å². The summed E-state index contributed by atoms with van der Waals surface area (Å²) in [5, 5.41) is -0.0361. The molecule has 0 aliphatic carbocycles. The average Bonchev–Trinajstić information content (AvgIpc) is 3.07. The molecule has 5 heteroatoms. The quantitative estimate of drug-likeness (QED) is 0.311. The number of fused-ring (bicyclic) bond motifs is 1. The molecular formula is C23H17NO2S2. The van der Waals surface area contributed by atoms with Crippen molar-refractivity contribution < 1.29 is 9.59 Å². The highest BCUT2D eigenvalue weighted by Crippen LogP contribution is 2.40. The van der Waals surface area contributed by atoms with Crippen LogP contribution in [0.4, 0.5) is 0 Å². The van der Waals surface area contributed by atoms with Crippen LogP contribution in [-0.2, 0) is 0 Å². The number of rotatable bonds is 5. The smallest absolute Gasteiger partial charge is 0.224 e. The number of thioether (sulfide) groups is 2. The SMILES string of the molecule is CSc1c(SC(=O)c2ccccc2)c2ccccn2c1C(=O)c1ccccc1. The zero-order chi connectivity index (χ0) is 19.5. The summed E-state index contributed by atoms with van der Waals surface area (Å²) in [6.45, 7) is 0. The lowest BCUT2D eigenvalue weighted by molar-refractivity contribution is 0.102. The van der Waals surface area contributed by atoms with E-state index in [1.54, 1.807) is 0 Å².